The molecule has 0 aliphatic heterocycles. The highest BCUT2D eigenvalue weighted by atomic mass is 32.2. The fraction of sp³-hybridized carbons (Fsp3) is 0.300. The molecule has 0 aromatic carbocycles. The second-order valence-electron chi connectivity index (χ2n) is 3.34. The van der Waals surface area contributed by atoms with Gasteiger partial charge < -0.3 is 10.3 Å². The highest BCUT2D eigenvalue weighted by molar-refractivity contribution is 7.99. The van der Waals surface area contributed by atoms with E-state index in [1.54, 1.807) is 6.20 Å². The number of imidazole rings is 1. The first kappa shape index (κ1) is 11.1. The van der Waals surface area contributed by atoms with Crippen LogP contribution in [0.1, 0.15) is 5.56 Å². The van der Waals surface area contributed by atoms with Gasteiger partial charge in [-0.15, -0.1) is 0 Å². The molecule has 2 rings (SSSR count). The molecular weight excluding hydrogens is 222 g/mol. The predicted molar refractivity (Wildman–Crippen MR) is 62.1 cm³/mol. The van der Waals surface area contributed by atoms with Crippen molar-refractivity contribution >= 4 is 11.8 Å². The molecule has 0 unspecified atom stereocenters. The fourth-order valence-electron chi connectivity index (χ4n) is 1.22. The van der Waals surface area contributed by atoms with Crippen LogP contribution in [0.2, 0.25) is 0 Å². The first-order valence-electron chi connectivity index (χ1n) is 4.96. The van der Waals surface area contributed by atoms with Gasteiger partial charge in [-0.2, -0.15) is 0 Å². The summed E-state index contributed by atoms with van der Waals surface area (Å²) < 4.78 is 1.93. The maximum atomic E-state index is 5.45. The fourth-order valence-corrected chi connectivity index (χ4v) is 1.92. The number of aryl methyl sites for hydroxylation is 1. The van der Waals surface area contributed by atoms with Crippen molar-refractivity contribution in [3.63, 3.8) is 0 Å². The van der Waals surface area contributed by atoms with Gasteiger partial charge in [0.05, 0.1) is 0 Å². The van der Waals surface area contributed by atoms with Gasteiger partial charge in [0.15, 0.2) is 10.3 Å². The molecule has 0 amide bonds. The van der Waals surface area contributed by atoms with Crippen LogP contribution in [0, 0.1) is 0 Å². The van der Waals surface area contributed by atoms with E-state index in [0.717, 1.165) is 17.1 Å². The largest absolute Gasteiger partial charge is 0.330 e. The number of hydrogen-bond acceptors (Lipinski definition) is 5. The van der Waals surface area contributed by atoms with Crippen molar-refractivity contribution in [1.29, 1.82) is 0 Å². The summed E-state index contributed by atoms with van der Waals surface area (Å²) in [4.78, 5) is 12.7. The Hall–Kier alpha value is -1.40. The first-order chi connectivity index (χ1) is 7.79. The molecule has 0 aliphatic rings. The van der Waals surface area contributed by atoms with Crippen molar-refractivity contribution in [2.24, 2.45) is 12.8 Å². The molecule has 84 valence electrons. The maximum Gasteiger partial charge on any atom is 0.195 e. The smallest absolute Gasteiger partial charge is 0.195 e. The molecule has 6 heteroatoms. The zero-order valence-corrected chi connectivity index (χ0v) is 9.81. The Balaban J connectivity index is 2.08. The third kappa shape index (κ3) is 2.59. The van der Waals surface area contributed by atoms with E-state index in [1.807, 2.05) is 30.2 Å². The van der Waals surface area contributed by atoms with Crippen LogP contribution in [-0.4, -0.2) is 26.1 Å². The summed E-state index contributed by atoms with van der Waals surface area (Å²) in [6, 6.07) is 0. The van der Waals surface area contributed by atoms with Crippen LogP contribution in [0.3, 0.4) is 0 Å². The Morgan fingerprint density at radius 1 is 1.31 bits per heavy atom. The van der Waals surface area contributed by atoms with Crippen LogP contribution < -0.4 is 5.73 Å². The zero-order chi connectivity index (χ0) is 11.4. The van der Waals surface area contributed by atoms with E-state index in [4.69, 9.17) is 5.73 Å². The summed E-state index contributed by atoms with van der Waals surface area (Å²) in [6.07, 6.45) is 8.08. The highest BCUT2D eigenvalue weighted by Crippen LogP contribution is 2.21. The molecule has 2 heterocycles. The SMILES string of the molecule is Cn1ccnc1Sc1ncc(CCN)cn1. The lowest BCUT2D eigenvalue weighted by Crippen LogP contribution is -2.03. The number of rotatable bonds is 4. The number of hydrogen-bond donors (Lipinski definition) is 1. The standard InChI is InChI=1S/C10H13N5S/c1-15-5-4-12-10(15)16-9-13-6-8(2-3-11)7-14-9/h4-7H,2-3,11H2,1H3. The summed E-state index contributed by atoms with van der Waals surface area (Å²) >= 11 is 1.45. The number of nitrogens with zero attached hydrogens (tertiary/aromatic N) is 4. The molecule has 0 fully saturated rings. The Kier molecular flexibility index (Phi) is 3.53. The maximum absolute atomic E-state index is 5.45. The molecule has 2 aromatic heterocycles. The second-order valence-corrected chi connectivity index (χ2v) is 4.27. The molecule has 0 radical (unpaired) electrons. The third-order valence-corrected chi connectivity index (χ3v) is 3.04. The van der Waals surface area contributed by atoms with Crippen molar-refractivity contribution < 1.29 is 0 Å². The van der Waals surface area contributed by atoms with Gasteiger partial charge in [0, 0.05) is 31.8 Å². The zero-order valence-electron chi connectivity index (χ0n) is 9.00. The topological polar surface area (TPSA) is 69.6 Å². The van der Waals surface area contributed by atoms with Crippen LogP contribution in [0.25, 0.3) is 0 Å². The quantitative estimate of drug-likeness (QED) is 0.796. The van der Waals surface area contributed by atoms with E-state index in [-0.39, 0.29) is 0 Å². The summed E-state index contributed by atoms with van der Waals surface area (Å²) in [7, 11) is 1.94. The van der Waals surface area contributed by atoms with Gasteiger partial charge in [-0.1, -0.05) is 0 Å². The average Bonchev–Trinajstić information content (AvgIpc) is 2.68. The van der Waals surface area contributed by atoms with Crippen LogP contribution >= 0.6 is 11.8 Å². The van der Waals surface area contributed by atoms with Gasteiger partial charge in [0.1, 0.15) is 0 Å². The van der Waals surface area contributed by atoms with Crippen LogP contribution in [-0.2, 0) is 13.5 Å². The molecule has 0 bridgehead atoms. The Morgan fingerprint density at radius 3 is 2.62 bits per heavy atom. The molecule has 0 saturated heterocycles. The molecule has 0 aliphatic carbocycles. The van der Waals surface area contributed by atoms with E-state index in [9.17, 15) is 0 Å². The van der Waals surface area contributed by atoms with Gasteiger partial charge in [-0.05, 0) is 30.3 Å². The molecule has 2 N–H and O–H groups in total. The molecular formula is C10H13N5S. The summed E-state index contributed by atoms with van der Waals surface area (Å²) in [5, 5.41) is 1.58. The van der Waals surface area contributed by atoms with Gasteiger partial charge >= 0.3 is 0 Å². The molecule has 16 heavy (non-hydrogen) atoms. The highest BCUT2D eigenvalue weighted by Gasteiger charge is 2.04. The van der Waals surface area contributed by atoms with Crippen molar-refractivity contribution in [1.82, 2.24) is 19.5 Å². The second kappa shape index (κ2) is 5.09. The lowest BCUT2D eigenvalue weighted by atomic mass is 10.2. The van der Waals surface area contributed by atoms with Crippen molar-refractivity contribution in [3.05, 3.63) is 30.4 Å². The predicted octanol–water partition coefficient (Wildman–Crippen LogP) is 0.862. The Morgan fingerprint density at radius 2 is 2.06 bits per heavy atom. The van der Waals surface area contributed by atoms with Crippen molar-refractivity contribution in [3.8, 4) is 0 Å². The molecule has 0 spiro atoms. The normalized spacial score (nSPS) is 10.6. The molecule has 2 aromatic rings. The van der Waals surface area contributed by atoms with Gasteiger partial charge in [-0.25, -0.2) is 15.0 Å². The monoisotopic (exact) mass is 235 g/mol. The molecule has 0 saturated carbocycles. The lowest BCUT2D eigenvalue weighted by molar-refractivity contribution is 0.784. The van der Waals surface area contributed by atoms with Gasteiger partial charge in [0.25, 0.3) is 0 Å². The van der Waals surface area contributed by atoms with E-state index in [2.05, 4.69) is 15.0 Å². The van der Waals surface area contributed by atoms with Gasteiger partial charge in [-0.3, -0.25) is 0 Å². The average molecular weight is 235 g/mol. The third-order valence-electron chi connectivity index (χ3n) is 2.07. The minimum atomic E-state index is 0.620. The lowest BCUT2D eigenvalue weighted by Gasteiger charge is -2.01. The number of nitrogens with two attached hydrogens (primary N) is 1. The first-order valence-corrected chi connectivity index (χ1v) is 5.77. The number of aromatic nitrogens is 4. The summed E-state index contributed by atoms with van der Waals surface area (Å²) in [5.41, 5.74) is 6.52. The Labute approximate surface area is 98.1 Å². The van der Waals surface area contributed by atoms with E-state index < -0.39 is 0 Å². The molecule has 0 atom stereocenters. The summed E-state index contributed by atoms with van der Waals surface area (Å²) in [6.45, 7) is 0.620. The van der Waals surface area contributed by atoms with Gasteiger partial charge in [0.2, 0.25) is 0 Å². The minimum absolute atomic E-state index is 0.620. The van der Waals surface area contributed by atoms with Crippen molar-refractivity contribution in [2.75, 3.05) is 6.54 Å². The summed E-state index contributed by atoms with van der Waals surface area (Å²) in [5.74, 6) is 0. The van der Waals surface area contributed by atoms with E-state index in [1.165, 1.54) is 11.8 Å². The van der Waals surface area contributed by atoms with Crippen LogP contribution in [0.15, 0.2) is 35.1 Å². The Bertz CT molecular complexity index is 450. The molecule has 5 nitrogen and oxygen atoms in total. The van der Waals surface area contributed by atoms with Crippen LogP contribution in [0.5, 0.6) is 0 Å². The van der Waals surface area contributed by atoms with Crippen LogP contribution in [0.4, 0.5) is 0 Å². The minimum Gasteiger partial charge on any atom is -0.330 e. The van der Waals surface area contributed by atoms with E-state index >= 15 is 0 Å². The van der Waals surface area contributed by atoms with Crippen molar-refractivity contribution in [2.45, 2.75) is 16.7 Å². The van der Waals surface area contributed by atoms with E-state index in [0.29, 0.717) is 11.7 Å².